The Kier molecular flexibility index (Phi) is 8.87. The fraction of sp³-hybridized carbons (Fsp3) is 0.0769. The maximum atomic E-state index is 9.87. The third-order valence-corrected chi connectivity index (χ3v) is 24.8. The van der Waals surface area contributed by atoms with Gasteiger partial charge in [0.05, 0.1) is 0 Å². The molecule has 0 bridgehead atoms. The molecule has 0 fully saturated rings. The van der Waals surface area contributed by atoms with Gasteiger partial charge >= 0.3 is 217 Å². The third-order valence-electron chi connectivity index (χ3n) is 4.71. The molecule has 0 aliphatic heterocycles. The molecule has 4 rings (SSSR count). The number of halogens is 6. The molecule has 0 aliphatic carbocycles. The van der Waals surface area contributed by atoms with E-state index in [0.29, 0.717) is 0 Å². The molecule has 0 aliphatic rings. The molecule has 0 amide bonds. The van der Waals surface area contributed by atoms with E-state index in [0.717, 1.165) is 0 Å². The van der Waals surface area contributed by atoms with Crippen LogP contribution in [0.25, 0.3) is 0 Å². The predicted molar refractivity (Wildman–Crippen MR) is 141 cm³/mol. The summed E-state index contributed by atoms with van der Waals surface area (Å²) in [5.41, 5.74) is 2.86. The second kappa shape index (κ2) is 11.0. The topological polar surface area (TPSA) is 0 Å². The van der Waals surface area contributed by atoms with Crippen LogP contribution in [0.2, 0.25) is 0 Å². The summed E-state index contributed by atoms with van der Waals surface area (Å²) in [4.78, 5) is 0. The molecule has 0 aromatic heterocycles. The number of hydrogen-bond acceptors (Lipinski definition) is 0. The number of hydrogen-bond donors (Lipinski definition) is 0. The van der Waals surface area contributed by atoms with Crippen molar-refractivity contribution in [2.45, 2.75) is 13.8 Å². The van der Waals surface area contributed by atoms with Crippen LogP contribution in [0.1, 0.15) is 11.1 Å². The maximum absolute atomic E-state index is 10.7. The third kappa shape index (κ3) is 10.0. The van der Waals surface area contributed by atoms with Crippen LogP contribution in [0, 0.1) is 13.8 Å². The van der Waals surface area contributed by atoms with E-state index in [2.05, 4.69) is 123 Å². The molecule has 0 N–H and O–H groups in total. The summed E-state index contributed by atoms with van der Waals surface area (Å²) in [6.45, 7) is 4.55. The zero-order valence-electron chi connectivity index (χ0n) is 19.3. The molecule has 0 saturated heterocycles. The zero-order chi connectivity index (χ0) is 26.5. The van der Waals surface area contributed by atoms with E-state index in [1.54, 1.807) is 10.6 Å². The van der Waals surface area contributed by atoms with Gasteiger partial charge in [0.2, 0.25) is 0 Å². The second-order valence-corrected chi connectivity index (χ2v) is 24.0. The summed E-state index contributed by atoms with van der Waals surface area (Å²) in [5.74, 6) is 0. The first-order valence-electron chi connectivity index (χ1n) is 10.7. The predicted octanol–water partition coefficient (Wildman–Crippen LogP) is 9.16. The molecular weight excluding hydrogens is 711 g/mol. The number of rotatable bonds is 6. The van der Waals surface area contributed by atoms with Gasteiger partial charge in [-0.2, -0.15) is 0 Å². The Hall–Kier alpha value is -1.60. The first-order chi connectivity index (χ1) is 16.7. The molecule has 0 spiro atoms. The van der Waals surface area contributed by atoms with Crippen LogP contribution in [0.4, 0.5) is 25.2 Å². The van der Waals surface area contributed by atoms with Gasteiger partial charge in [0, 0.05) is 0 Å². The first-order valence-corrected chi connectivity index (χ1v) is 21.5. The van der Waals surface area contributed by atoms with Crippen molar-refractivity contribution in [2.75, 3.05) is 0 Å². The van der Waals surface area contributed by atoms with Crippen molar-refractivity contribution in [3.8, 4) is 0 Å². The van der Waals surface area contributed by atoms with E-state index < -0.39 is 7.81 Å². The molecule has 10 heteroatoms. The first kappa shape index (κ1) is 29.0. The zero-order valence-corrected chi connectivity index (χ0v) is 24.4. The van der Waals surface area contributed by atoms with Gasteiger partial charge in [-0.25, -0.2) is 0 Å². The quantitative estimate of drug-likeness (QED) is 0.137. The minimum absolute atomic E-state index is 0.303. The van der Waals surface area contributed by atoms with Gasteiger partial charge in [0.15, 0.2) is 0 Å². The van der Waals surface area contributed by atoms with Crippen molar-refractivity contribution in [1.82, 2.24) is 0 Å². The van der Waals surface area contributed by atoms with E-state index >= 15 is 0 Å². The monoisotopic (exact) mass is 736 g/mol. The molecule has 2 unspecified atom stereocenters. The summed E-state index contributed by atoms with van der Waals surface area (Å²) in [5, 5.41) is 6.17. The Morgan fingerprint density at radius 2 is 0.750 bits per heavy atom. The molecule has 0 nitrogen and oxygen atoms in total. The summed E-state index contributed by atoms with van der Waals surface area (Å²) >= 11 is -0.303. The Morgan fingerprint density at radius 3 is 1.06 bits per heavy atom. The molecular formula is C26H24F6IrP3. The normalized spacial score (nSPS) is 15.1. The molecule has 4 aromatic carbocycles. The van der Waals surface area contributed by atoms with Crippen LogP contribution in [0.3, 0.4) is 0 Å². The number of benzene rings is 4. The minimum atomic E-state index is -10.7. The molecule has 36 heavy (non-hydrogen) atoms. The summed E-state index contributed by atoms with van der Waals surface area (Å²) in [6.07, 6.45) is -0.634. The van der Waals surface area contributed by atoms with E-state index in [4.69, 9.17) is 0 Å². The van der Waals surface area contributed by atoms with Crippen molar-refractivity contribution in [3.05, 3.63) is 120 Å². The summed E-state index contributed by atoms with van der Waals surface area (Å²) in [7, 11) is -10.7. The van der Waals surface area contributed by atoms with E-state index in [9.17, 15) is 25.2 Å². The summed E-state index contributed by atoms with van der Waals surface area (Å²) in [6, 6.07) is 40.5. The van der Waals surface area contributed by atoms with Crippen LogP contribution in [0.15, 0.2) is 109 Å². The molecule has 2 atom stereocenters. The Bertz CT molecular complexity index is 1190. The Morgan fingerprint density at radius 1 is 0.472 bits per heavy atom. The van der Waals surface area contributed by atoms with Crippen molar-refractivity contribution in [1.29, 1.82) is 0 Å². The van der Waals surface area contributed by atoms with Crippen LogP contribution >= 0.6 is 20.1 Å². The Labute approximate surface area is 216 Å². The standard InChI is InChI=1S/2C13H12P.F6P.Ir/c2*1-11-7-5-6-10-13(11)14-12-8-3-2-4-9-12;1-7(2,3,4,5)6;/h2*2-10H,1H3;;/q3*-1;+3. The van der Waals surface area contributed by atoms with Crippen LogP contribution in [0.5, 0.6) is 0 Å². The van der Waals surface area contributed by atoms with Crippen molar-refractivity contribution >= 4 is 41.3 Å². The number of aryl methyl sites for hydroxylation is 2. The Balaban J connectivity index is 0.000000454. The van der Waals surface area contributed by atoms with Gasteiger partial charge in [-0.15, -0.1) is 0 Å². The van der Waals surface area contributed by atoms with Crippen molar-refractivity contribution < 1.29 is 41.9 Å². The van der Waals surface area contributed by atoms with Gasteiger partial charge in [0.1, 0.15) is 0 Å². The van der Waals surface area contributed by atoms with Gasteiger partial charge in [0.25, 0.3) is 0 Å². The van der Waals surface area contributed by atoms with E-state index in [-0.39, 0.29) is 29.0 Å². The second-order valence-electron chi connectivity index (χ2n) is 7.79. The van der Waals surface area contributed by atoms with Gasteiger partial charge in [-0.1, -0.05) is 0 Å². The average molecular weight is 736 g/mol. The average Bonchev–Trinajstić information content (AvgIpc) is 2.80. The van der Waals surface area contributed by atoms with E-state index in [1.165, 1.54) is 21.7 Å². The van der Waals surface area contributed by atoms with Crippen molar-refractivity contribution in [3.63, 3.8) is 0 Å². The molecule has 0 heterocycles. The van der Waals surface area contributed by atoms with Crippen LogP contribution in [-0.2, 0) is 16.7 Å². The van der Waals surface area contributed by atoms with Gasteiger partial charge in [-0.05, 0) is 0 Å². The van der Waals surface area contributed by atoms with E-state index in [1.807, 2.05) is 0 Å². The fourth-order valence-electron chi connectivity index (χ4n) is 3.14. The fourth-order valence-corrected chi connectivity index (χ4v) is 27.1. The van der Waals surface area contributed by atoms with Gasteiger partial charge < -0.3 is 0 Å². The molecule has 194 valence electrons. The summed E-state index contributed by atoms with van der Waals surface area (Å²) < 4.78 is 59.2. The molecule has 4 aromatic rings. The van der Waals surface area contributed by atoms with Crippen molar-refractivity contribution in [2.24, 2.45) is 0 Å². The van der Waals surface area contributed by atoms with Gasteiger partial charge in [-0.3, -0.25) is 0 Å². The molecule has 0 radical (unpaired) electrons. The van der Waals surface area contributed by atoms with Crippen LogP contribution in [-0.4, -0.2) is 0 Å². The molecule has 0 saturated carbocycles. The SMILES string of the molecule is Cc1ccccc1[P]([Ir+][P](c1ccccc1)c1ccccc1C)c1ccccc1.F[P-](F)(F)(F)(F)F. The van der Waals surface area contributed by atoms with Crippen LogP contribution < -0.4 is 21.2 Å².